The molecule has 1 fully saturated rings. The number of nitrogens with zero attached hydrogens (tertiary/aromatic N) is 1. The van der Waals surface area contributed by atoms with Gasteiger partial charge in [-0.1, -0.05) is 41.9 Å². The number of benzene rings is 2. The van der Waals surface area contributed by atoms with E-state index in [0.29, 0.717) is 22.9 Å². The van der Waals surface area contributed by atoms with Gasteiger partial charge in [-0.15, -0.1) is 0 Å². The number of carbonyl (C=O) groups is 2. The van der Waals surface area contributed by atoms with Crippen molar-refractivity contribution < 1.29 is 14.3 Å². The molecule has 0 heterocycles. The molecule has 0 atom stereocenters. The summed E-state index contributed by atoms with van der Waals surface area (Å²) in [7, 11) is 0. The van der Waals surface area contributed by atoms with Crippen LogP contribution in [0.1, 0.15) is 24.0 Å². The maximum absolute atomic E-state index is 11.6. The first-order valence-corrected chi connectivity index (χ1v) is 8.60. The zero-order valence-corrected chi connectivity index (χ0v) is 14.7. The first-order valence-electron chi connectivity index (χ1n) is 8.22. The van der Waals surface area contributed by atoms with Crippen molar-refractivity contribution in [3.8, 4) is 5.75 Å². The fourth-order valence-electron chi connectivity index (χ4n) is 2.18. The number of ether oxygens (including phenoxy) is 1. The van der Waals surface area contributed by atoms with Crippen molar-refractivity contribution in [1.29, 1.82) is 0 Å². The van der Waals surface area contributed by atoms with Crippen molar-refractivity contribution in [3.05, 3.63) is 64.7 Å². The van der Waals surface area contributed by atoms with E-state index in [9.17, 15) is 9.59 Å². The summed E-state index contributed by atoms with van der Waals surface area (Å²) in [6, 6.07) is 14.8. The van der Waals surface area contributed by atoms with E-state index in [2.05, 4.69) is 15.8 Å². The van der Waals surface area contributed by atoms with E-state index >= 15 is 0 Å². The van der Waals surface area contributed by atoms with Crippen LogP contribution in [-0.2, 0) is 16.2 Å². The molecule has 0 saturated heterocycles. The summed E-state index contributed by atoms with van der Waals surface area (Å²) in [6.45, 7) is 0.306. The van der Waals surface area contributed by atoms with E-state index in [1.807, 2.05) is 30.3 Å². The van der Waals surface area contributed by atoms with Gasteiger partial charge in [-0.05, 0) is 31.0 Å². The molecule has 2 amide bonds. The summed E-state index contributed by atoms with van der Waals surface area (Å²) in [5.41, 5.74) is 3.75. The number of nitrogens with one attached hydrogen (secondary N) is 2. The van der Waals surface area contributed by atoms with Crippen LogP contribution in [-0.4, -0.2) is 24.1 Å². The number of hydrogen-bond acceptors (Lipinski definition) is 4. The van der Waals surface area contributed by atoms with E-state index in [1.54, 1.807) is 18.2 Å². The first-order chi connectivity index (χ1) is 12.6. The molecule has 2 aromatic carbocycles. The van der Waals surface area contributed by atoms with E-state index in [-0.39, 0.29) is 6.04 Å². The van der Waals surface area contributed by atoms with Crippen LogP contribution in [0.3, 0.4) is 0 Å². The largest absolute Gasteiger partial charge is 0.488 e. The van der Waals surface area contributed by atoms with Gasteiger partial charge in [0, 0.05) is 22.2 Å². The third-order valence-corrected chi connectivity index (χ3v) is 4.12. The monoisotopic (exact) mass is 371 g/mol. The molecule has 0 aliphatic heterocycles. The van der Waals surface area contributed by atoms with Crippen molar-refractivity contribution in [2.45, 2.75) is 25.5 Å². The van der Waals surface area contributed by atoms with Crippen LogP contribution in [0.2, 0.25) is 5.02 Å². The Morgan fingerprint density at radius 3 is 2.62 bits per heavy atom. The Hall–Kier alpha value is -2.86. The van der Waals surface area contributed by atoms with Gasteiger partial charge in [0.1, 0.15) is 12.4 Å². The summed E-state index contributed by atoms with van der Waals surface area (Å²) < 4.78 is 5.80. The van der Waals surface area contributed by atoms with Crippen LogP contribution in [0.4, 0.5) is 0 Å². The number of amides is 2. The molecule has 0 spiro atoms. The highest BCUT2D eigenvalue weighted by Gasteiger charge is 2.26. The van der Waals surface area contributed by atoms with Crippen molar-refractivity contribution in [2.24, 2.45) is 5.10 Å². The minimum absolute atomic E-state index is 0.121. The minimum Gasteiger partial charge on any atom is -0.488 e. The van der Waals surface area contributed by atoms with Crippen molar-refractivity contribution in [1.82, 2.24) is 10.7 Å². The molecule has 0 aromatic heterocycles. The van der Waals surface area contributed by atoms with E-state index in [1.165, 1.54) is 6.21 Å². The fourth-order valence-corrected chi connectivity index (χ4v) is 2.37. The van der Waals surface area contributed by atoms with Crippen molar-refractivity contribution in [3.63, 3.8) is 0 Å². The van der Waals surface area contributed by atoms with Crippen molar-refractivity contribution >= 4 is 29.6 Å². The Labute approximate surface area is 156 Å². The molecule has 2 aromatic rings. The second-order valence-corrected chi connectivity index (χ2v) is 6.27. The fraction of sp³-hybridized carbons (Fsp3) is 0.211. The van der Waals surface area contributed by atoms with Crippen LogP contribution in [0.25, 0.3) is 0 Å². The molecule has 2 N–H and O–H groups in total. The average Bonchev–Trinajstić information content (AvgIpc) is 3.46. The van der Waals surface area contributed by atoms with Gasteiger partial charge in [-0.25, -0.2) is 5.43 Å². The van der Waals surface area contributed by atoms with Gasteiger partial charge in [0.15, 0.2) is 0 Å². The Bertz CT molecular complexity index is 834. The highest BCUT2D eigenvalue weighted by atomic mass is 35.5. The number of rotatable bonds is 6. The lowest BCUT2D eigenvalue weighted by Crippen LogP contribution is -2.38. The zero-order valence-electron chi connectivity index (χ0n) is 13.9. The smallest absolute Gasteiger partial charge is 0.329 e. The molecule has 7 heteroatoms. The maximum Gasteiger partial charge on any atom is 0.329 e. The third-order valence-electron chi connectivity index (χ3n) is 3.75. The maximum atomic E-state index is 11.6. The lowest BCUT2D eigenvalue weighted by Gasteiger charge is -2.10. The van der Waals surface area contributed by atoms with Gasteiger partial charge < -0.3 is 10.1 Å². The summed E-state index contributed by atoms with van der Waals surface area (Å²) in [5.74, 6) is -0.872. The summed E-state index contributed by atoms with van der Waals surface area (Å²) in [6.07, 6.45) is 3.26. The summed E-state index contributed by atoms with van der Waals surface area (Å²) in [5, 5.41) is 7.06. The predicted octanol–water partition coefficient (Wildman–Crippen LogP) is 2.65. The first kappa shape index (κ1) is 17.9. The van der Waals surface area contributed by atoms with Crippen LogP contribution < -0.4 is 15.5 Å². The van der Waals surface area contributed by atoms with E-state index in [4.69, 9.17) is 16.3 Å². The molecule has 26 heavy (non-hydrogen) atoms. The van der Waals surface area contributed by atoms with E-state index in [0.717, 1.165) is 18.4 Å². The molecule has 1 aliphatic rings. The van der Waals surface area contributed by atoms with Crippen LogP contribution in [0.15, 0.2) is 53.6 Å². The number of halogens is 1. The molecule has 0 radical (unpaired) electrons. The van der Waals surface area contributed by atoms with Crippen LogP contribution in [0.5, 0.6) is 5.75 Å². The highest BCUT2D eigenvalue weighted by molar-refractivity contribution is 6.35. The lowest BCUT2D eigenvalue weighted by molar-refractivity contribution is -0.139. The summed E-state index contributed by atoms with van der Waals surface area (Å²) >= 11 is 6.13. The second-order valence-electron chi connectivity index (χ2n) is 5.86. The van der Waals surface area contributed by atoms with Gasteiger partial charge >= 0.3 is 11.8 Å². The van der Waals surface area contributed by atoms with Gasteiger partial charge in [0.2, 0.25) is 0 Å². The number of para-hydroxylation sites is 1. The Morgan fingerprint density at radius 2 is 1.85 bits per heavy atom. The molecule has 0 bridgehead atoms. The molecular weight excluding hydrogens is 354 g/mol. The highest BCUT2D eigenvalue weighted by Crippen LogP contribution is 2.21. The molecule has 6 nitrogen and oxygen atoms in total. The second kappa shape index (κ2) is 8.49. The van der Waals surface area contributed by atoms with Gasteiger partial charge in [-0.2, -0.15) is 5.10 Å². The van der Waals surface area contributed by atoms with Crippen LogP contribution in [0, 0.1) is 0 Å². The standard InChI is InChI=1S/C19H18ClN3O3/c20-16-7-3-1-6-14(16)12-26-17-8-4-2-5-13(17)11-21-23-19(25)18(24)22-15-9-10-15/h1-8,11,15H,9-10,12H2,(H,22,24)(H,23,25)/b21-11+. The average molecular weight is 372 g/mol. The number of hydrogen-bond donors (Lipinski definition) is 2. The molecule has 0 unspecified atom stereocenters. The third kappa shape index (κ3) is 5.07. The minimum atomic E-state index is -0.789. The summed E-state index contributed by atoms with van der Waals surface area (Å²) in [4.78, 5) is 23.2. The lowest BCUT2D eigenvalue weighted by atomic mass is 10.2. The van der Waals surface area contributed by atoms with Gasteiger partial charge in [-0.3, -0.25) is 9.59 Å². The van der Waals surface area contributed by atoms with Crippen molar-refractivity contribution in [2.75, 3.05) is 0 Å². The molecule has 134 valence electrons. The number of carbonyl (C=O) groups excluding carboxylic acids is 2. The molecular formula is C19H18ClN3O3. The number of hydrazone groups is 1. The van der Waals surface area contributed by atoms with E-state index < -0.39 is 11.8 Å². The van der Waals surface area contributed by atoms with Gasteiger partial charge in [0.25, 0.3) is 0 Å². The Kier molecular flexibility index (Phi) is 5.86. The molecule has 1 aliphatic carbocycles. The normalized spacial score (nSPS) is 13.4. The molecule has 1 saturated carbocycles. The SMILES string of the molecule is O=C(N/N=C/c1ccccc1OCc1ccccc1Cl)C(=O)NC1CC1. The Balaban J connectivity index is 1.58. The van der Waals surface area contributed by atoms with Crippen LogP contribution >= 0.6 is 11.6 Å². The Morgan fingerprint density at radius 1 is 1.12 bits per heavy atom. The molecule has 3 rings (SSSR count). The topological polar surface area (TPSA) is 79.8 Å². The van der Waals surface area contributed by atoms with Gasteiger partial charge in [0.05, 0.1) is 6.21 Å². The predicted molar refractivity (Wildman–Crippen MR) is 99.1 cm³/mol. The quantitative estimate of drug-likeness (QED) is 0.465. The zero-order chi connectivity index (χ0) is 18.4.